The summed E-state index contributed by atoms with van der Waals surface area (Å²) < 4.78 is 1.85. The van der Waals surface area contributed by atoms with Crippen molar-refractivity contribution in [3.8, 4) is 0 Å². The fourth-order valence-corrected chi connectivity index (χ4v) is 3.33. The zero-order valence-electron chi connectivity index (χ0n) is 12.6. The zero-order valence-corrected chi connectivity index (χ0v) is 13.4. The summed E-state index contributed by atoms with van der Waals surface area (Å²) in [7, 11) is 0. The molecule has 0 aliphatic rings. The summed E-state index contributed by atoms with van der Waals surface area (Å²) in [5.41, 5.74) is 3.14. The van der Waals surface area contributed by atoms with E-state index in [0.717, 1.165) is 41.6 Å². The van der Waals surface area contributed by atoms with E-state index in [4.69, 9.17) is 0 Å². The van der Waals surface area contributed by atoms with E-state index >= 15 is 0 Å². The van der Waals surface area contributed by atoms with Gasteiger partial charge in [0.2, 0.25) is 0 Å². The zero-order chi connectivity index (χ0) is 14.8. The van der Waals surface area contributed by atoms with Crippen molar-refractivity contribution in [3.05, 3.63) is 39.6 Å². The molecule has 6 heteroatoms. The predicted molar refractivity (Wildman–Crippen MR) is 85.9 cm³/mol. The van der Waals surface area contributed by atoms with E-state index in [-0.39, 0.29) is 0 Å². The first-order chi connectivity index (χ1) is 10.2. The maximum Gasteiger partial charge on any atom is 0.157 e. The molecule has 3 aromatic rings. The van der Waals surface area contributed by atoms with Gasteiger partial charge in [-0.2, -0.15) is 9.61 Å². The summed E-state index contributed by atoms with van der Waals surface area (Å²) >= 11 is 1.76. The normalized spacial score (nSPS) is 11.2. The van der Waals surface area contributed by atoms with Crippen LogP contribution >= 0.6 is 11.3 Å². The summed E-state index contributed by atoms with van der Waals surface area (Å²) in [6.07, 6.45) is 3.66. The Morgan fingerprint density at radius 3 is 2.86 bits per heavy atom. The molecular weight excluding hydrogens is 282 g/mol. The predicted octanol–water partition coefficient (Wildman–Crippen LogP) is 3.23. The Labute approximate surface area is 128 Å². The van der Waals surface area contributed by atoms with Crippen LogP contribution < -0.4 is 5.32 Å². The van der Waals surface area contributed by atoms with Gasteiger partial charge in [-0.05, 0) is 19.8 Å². The fourth-order valence-electron chi connectivity index (χ4n) is 2.37. The number of nitrogens with zero attached hydrogens (tertiary/aromatic N) is 4. The summed E-state index contributed by atoms with van der Waals surface area (Å²) in [5.74, 6) is 0.981. The van der Waals surface area contributed by atoms with E-state index in [9.17, 15) is 0 Å². The summed E-state index contributed by atoms with van der Waals surface area (Å²) in [5, 5.41) is 8.94. The molecule has 5 nitrogen and oxygen atoms in total. The number of nitrogens with one attached hydrogen (secondary N) is 1. The standard InChI is InChI=1S/C15H19N5S/c1-4-11-8-15(20-14(19-11)6-7-17-20)16-9-13-12(5-2)18-10(3)21-13/h6-8,16H,4-5,9H2,1-3H3. The summed E-state index contributed by atoms with van der Waals surface area (Å²) in [6, 6.07) is 4.00. The van der Waals surface area contributed by atoms with E-state index in [1.807, 2.05) is 10.6 Å². The van der Waals surface area contributed by atoms with Gasteiger partial charge in [0.15, 0.2) is 5.65 Å². The number of aromatic nitrogens is 4. The molecular formula is C15H19N5S. The Balaban J connectivity index is 1.89. The fraction of sp³-hybridized carbons (Fsp3) is 0.400. The van der Waals surface area contributed by atoms with Crippen LogP contribution in [0.2, 0.25) is 0 Å². The van der Waals surface area contributed by atoms with Crippen LogP contribution in [-0.4, -0.2) is 19.6 Å². The van der Waals surface area contributed by atoms with Gasteiger partial charge in [-0.25, -0.2) is 9.97 Å². The molecule has 3 rings (SSSR count). The highest BCUT2D eigenvalue weighted by molar-refractivity contribution is 7.11. The molecule has 0 fully saturated rings. The molecule has 0 aliphatic heterocycles. The second-order valence-electron chi connectivity index (χ2n) is 4.90. The van der Waals surface area contributed by atoms with Crippen molar-refractivity contribution in [3.63, 3.8) is 0 Å². The van der Waals surface area contributed by atoms with Gasteiger partial charge in [0.25, 0.3) is 0 Å². The average molecular weight is 301 g/mol. The number of rotatable bonds is 5. The maximum absolute atomic E-state index is 4.57. The lowest BCUT2D eigenvalue weighted by atomic mass is 10.3. The monoisotopic (exact) mass is 301 g/mol. The van der Waals surface area contributed by atoms with E-state index in [2.05, 4.69) is 47.2 Å². The van der Waals surface area contributed by atoms with Crippen LogP contribution in [0.1, 0.15) is 35.1 Å². The molecule has 0 aliphatic carbocycles. The highest BCUT2D eigenvalue weighted by atomic mass is 32.1. The minimum Gasteiger partial charge on any atom is -0.365 e. The molecule has 3 heterocycles. The van der Waals surface area contributed by atoms with Crippen molar-refractivity contribution in [1.29, 1.82) is 0 Å². The third kappa shape index (κ3) is 2.76. The number of hydrogen-bond donors (Lipinski definition) is 1. The Morgan fingerprint density at radius 1 is 1.24 bits per heavy atom. The largest absolute Gasteiger partial charge is 0.365 e. The van der Waals surface area contributed by atoms with Crippen molar-refractivity contribution in [2.45, 2.75) is 40.2 Å². The minimum absolute atomic E-state index is 0.775. The van der Waals surface area contributed by atoms with Gasteiger partial charge in [0.05, 0.1) is 23.4 Å². The number of aryl methyl sites for hydroxylation is 3. The van der Waals surface area contributed by atoms with E-state index < -0.39 is 0 Å². The average Bonchev–Trinajstić information content (AvgIpc) is 3.10. The molecule has 3 aromatic heterocycles. The highest BCUT2D eigenvalue weighted by Gasteiger charge is 2.09. The molecule has 0 radical (unpaired) electrons. The molecule has 1 N–H and O–H groups in total. The first-order valence-electron chi connectivity index (χ1n) is 7.24. The summed E-state index contributed by atoms with van der Waals surface area (Å²) in [6.45, 7) is 7.09. The Bertz CT molecular complexity index is 759. The van der Waals surface area contributed by atoms with Crippen molar-refractivity contribution >= 4 is 22.8 Å². The molecule has 0 aromatic carbocycles. The smallest absolute Gasteiger partial charge is 0.157 e. The van der Waals surface area contributed by atoms with Gasteiger partial charge in [0, 0.05) is 22.7 Å². The third-order valence-electron chi connectivity index (χ3n) is 3.42. The SMILES string of the molecule is CCc1cc(NCc2sc(C)nc2CC)n2nccc2n1. The van der Waals surface area contributed by atoms with Crippen LogP contribution in [0.3, 0.4) is 0 Å². The Hall–Kier alpha value is -1.95. The molecule has 0 unspecified atom stereocenters. The topological polar surface area (TPSA) is 55.1 Å². The lowest BCUT2D eigenvalue weighted by molar-refractivity contribution is 0.900. The molecule has 21 heavy (non-hydrogen) atoms. The number of anilines is 1. The Kier molecular flexibility index (Phi) is 3.88. The molecule has 0 saturated carbocycles. The van der Waals surface area contributed by atoms with Gasteiger partial charge in [-0.15, -0.1) is 11.3 Å². The Morgan fingerprint density at radius 2 is 2.10 bits per heavy atom. The van der Waals surface area contributed by atoms with Gasteiger partial charge < -0.3 is 5.32 Å². The number of fused-ring (bicyclic) bond motifs is 1. The molecule has 0 bridgehead atoms. The molecule has 0 atom stereocenters. The lowest BCUT2D eigenvalue weighted by Gasteiger charge is -2.09. The maximum atomic E-state index is 4.57. The van der Waals surface area contributed by atoms with E-state index in [1.54, 1.807) is 17.5 Å². The second-order valence-corrected chi connectivity index (χ2v) is 6.19. The number of hydrogen-bond acceptors (Lipinski definition) is 5. The van der Waals surface area contributed by atoms with Crippen LogP contribution in [-0.2, 0) is 19.4 Å². The van der Waals surface area contributed by atoms with Crippen LogP contribution in [0.4, 0.5) is 5.82 Å². The van der Waals surface area contributed by atoms with Gasteiger partial charge in [0.1, 0.15) is 5.82 Å². The van der Waals surface area contributed by atoms with E-state index in [0.29, 0.717) is 0 Å². The van der Waals surface area contributed by atoms with Gasteiger partial charge >= 0.3 is 0 Å². The van der Waals surface area contributed by atoms with Crippen molar-refractivity contribution in [1.82, 2.24) is 19.6 Å². The highest BCUT2D eigenvalue weighted by Crippen LogP contribution is 2.21. The minimum atomic E-state index is 0.775. The van der Waals surface area contributed by atoms with E-state index in [1.165, 1.54) is 10.6 Å². The van der Waals surface area contributed by atoms with Crippen LogP contribution in [0.5, 0.6) is 0 Å². The van der Waals surface area contributed by atoms with Gasteiger partial charge in [-0.3, -0.25) is 0 Å². The second kappa shape index (κ2) is 5.81. The molecule has 0 amide bonds. The van der Waals surface area contributed by atoms with Crippen molar-refractivity contribution < 1.29 is 0 Å². The first-order valence-corrected chi connectivity index (χ1v) is 8.05. The molecule has 110 valence electrons. The first kappa shape index (κ1) is 14.0. The van der Waals surface area contributed by atoms with Crippen LogP contribution in [0.25, 0.3) is 5.65 Å². The third-order valence-corrected chi connectivity index (χ3v) is 4.44. The molecule has 0 saturated heterocycles. The lowest BCUT2D eigenvalue weighted by Crippen LogP contribution is -2.07. The quantitative estimate of drug-likeness (QED) is 0.786. The molecule has 0 spiro atoms. The van der Waals surface area contributed by atoms with Crippen LogP contribution in [0.15, 0.2) is 18.3 Å². The number of thiazole rings is 1. The van der Waals surface area contributed by atoms with Crippen molar-refractivity contribution in [2.75, 3.05) is 5.32 Å². The van der Waals surface area contributed by atoms with Gasteiger partial charge in [-0.1, -0.05) is 13.8 Å². The summed E-state index contributed by atoms with van der Waals surface area (Å²) in [4.78, 5) is 10.4. The van der Waals surface area contributed by atoms with Crippen molar-refractivity contribution in [2.24, 2.45) is 0 Å². The van der Waals surface area contributed by atoms with Crippen LogP contribution in [0, 0.1) is 6.92 Å².